The number of rotatable bonds is 2. The van der Waals surface area contributed by atoms with E-state index in [1.54, 1.807) is 0 Å². The molecule has 0 fully saturated rings. The molecule has 100 valence electrons. The van der Waals surface area contributed by atoms with Crippen LogP contribution in [0.3, 0.4) is 0 Å². The molecule has 0 aliphatic rings. The second-order valence-electron chi connectivity index (χ2n) is 4.60. The van der Waals surface area contributed by atoms with Crippen LogP contribution in [0.4, 0.5) is 0 Å². The Morgan fingerprint density at radius 3 is 2.05 bits per heavy atom. The van der Waals surface area contributed by atoms with Gasteiger partial charge >= 0.3 is 0 Å². The first kappa shape index (κ1) is 13.8. The first-order valence-corrected chi connectivity index (χ1v) is 7.43. The van der Waals surface area contributed by atoms with Crippen LogP contribution in [0, 0.1) is 0 Å². The van der Waals surface area contributed by atoms with Gasteiger partial charge in [0.25, 0.3) is 0 Å². The Balaban J connectivity index is 2.14. The maximum atomic E-state index is 6.63. The summed E-state index contributed by atoms with van der Waals surface area (Å²) < 4.78 is 0. The van der Waals surface area contributed by atoms with E-state index in [1.807, 2.05) is 60.7 Å². The molecular weight excluding hydrogens is 311 g/mol. The minimum Gasteiger partial charge on any atom is -0.113 e. The van der Waals surface area contributed by atoms with Crippen LogP contribution in [0.2, 0.25) is 10.0 Å². The lowest BCUT2D eigenvalue weighted by atomic mass is 9.98. The van der Waals surface area contributed by atoms with Crippen molar-refractivity contribution in [2.45, 2.75) is 5.38 Å². The zero-order chi connectivity index (χ0) is 14.1. The lowest BCUT2D eigenvalue weighted by molar-refractivity contribution is 1.16. The first-order valence-electron chi connectivity index (χ1n) is 6.23. The summed E-state index contributed by atoms with van der Waals surface area (Å²) in [7, 11) is 0. The van der Waals surface area contributed by atoms with E-state index in [2.05, 4.69) is 0 Å². The Morgan fingerprint density at radius 2 is 1.35 bits per heavy atom. The van der Waals surface area contributed by atoms with Crippen LogP contribution in [0.15, 0.2) is 60.7 Å². The van der Waals surface area contributed by atoms with Gasteiger partial charge in [-0.25, -0.2) is 0 Å². The summed E-state index contributed by atoms with van der Waals surface area (Å²) in [6.07, 6.45) is 0. The summed E-state index contributed by atoms with van der Waals surface area (Å²) in [6.45, 7) is 0. The van der Waals surface area contributed by atoms with Gasteiger partial charge in [-0.3, -0.25) is 0 Å². The summed E-state index contributed by atoms with van der Waals surface area (Å²) in [6, 6.07) is 19.5. The summed E-state index contributed by atoms with van der Waals surface area (Å²) in [5, 5.41) is 3.32. The van der Waals surface area contributed by atoms with Gasteiger partial charge in [0.2, 0.25) is 0 Å². The van der Waals surface area contributed by atoms with Gasteiger partial charge in [0.1, 0.15) is 0 Å². The van der Waals surface area contributed by atoms with Gasteiger partial charge in [0.15, 0.2) is 0 Å². The van der Waals surface area contributed by atoms with E-state index in [9.17, 15) is 0 Å². The SMILES string of the molecule is Clc1ccc(C(Cl)c2ccc(Cl)c3ccccc23)cc1. The third kappa shape index (κ3) is 2.52. The molecule has 0 heterocycles. The smallest absolute Gasteiger partial charge is 0.0841 e. The zero-order valence-corrected chi connectivity index (χ0v) is 12.8. The number of fused-ring (bicyclic) bond motifs is 1. The molecule has 0 radical (unpaired) electrons. The Morgan fingerprint density at radius 1 is 0.700 bits per heavy atom. The van der Waals surface area contributed by atoms with Gasteiger partial charge in [-0.15, -0.1) is 11.6 Å². The van der Waals surface area contributed by atoms with Crippen molar-refractivity contribution in [1.82, 2.24) is 0 Å². The molecule has 3 rings (SSSR count). The molecule has 1 unspecified atom stereocenters. The molecule has 0 bridgehead atoms. The predicted octanol–water partition coefficient (Wildman–Crippen LogP) is 6.47. The van der Waals surface area contributed by atoms with Crippen molar-refractivity contribution < 1.29 is 0 Å². The minimum atomic E-state index is -0.227. The monoisotopic (exact) mass is 320 g/mol. The number of hydrogen-bond acceptors (Lipinski definition) is 0. The Hall–Kier alpha value is -1.21. The second-order valence-corrected chi connectivity index (χ2v) is 5.88. The van der Waals surface area contributed by atoms with Gasteiger partial charge in [0, 0.05) is 15.4 Å². The average molecular weight is 322 g/mol. The van der Waals surface area contributed by atoms with Crippen LogP contribution >= 0.6 is 34.8 Å². The largest absolute Gasteiger partial charge is 0.113 e. The minimum absolute atomic E-state index is 0.227. The number of benzene rings is 3. The van der Waals surface area contributed by atoms with Crippen LogP contribution in [0.25, 0.3) is 10.8 Å². The van der Waals surface area contributed by atoms with Gasteiger partial charge in [0.05, 0.1) is 5.38 Å². The molecule has 0 aliphatic carbocycles. The lowest BCUT2D eigenvalue weighted by Crippen LogP contribution is -1.94. The molecule has 0 N–H and O–H groups in total. The third-order valence-electron chi connectivity index (χ3n) is 3.34. The highest BCUT2D eigenvalue weighted by molar-refractivity contribution is 6.36. The molecule has 3 aromatic carbocycles. The summed E-state index contributed by atoms with van der Waals surface area (Å²) in [5.74, 6) is 0. The third-order valence-corrected chi connectivity index (χ3v) is 4.41. The van der Waals surface area contributed by atoms with Crippen molar-refractivity contribution in [2.75, 3.05) is 0 Å². The van der Waals surface area contributed by atoms with Crippen molar-refractivity contribution in [3.63, 3.8) is 0 Å². The molecule has 3 aromatic rings. The highest BCUT2D eigenvalue weighted by Crippen LogP contribution is 2.36. The molecule has 3 heteroatoms. The molecule has 1 atom stereocenters. The highest BCUT2D eigenvalue weighted by atomic mass is 35.5. The molecular formula is C17H11Cl3. The summed E-state index contributed by atoms with van der Waals surface area (Å²) in [4.78, 5) is 0. The number of halogens is 3. The average Bonchev–Trinajstić information content (AvgIpc) is 2.48. The lowest BCUT2D eigenvalue weighted by Gasteiger charge is -2.14. The van der Waals surface area contributed by atoms with Gasteiger partial charge in [-0.2, -0.15) is 0 Å². The van der Waals surface area contributed by atoms with Gasteiger partial charge in [-0.05, 0) is 34.7 Å². The van der Waals surface area contributed by atoms with Crippen molar-refractivity contribution in [2.24, 2.45) is 0 Å². The molecule has 0 amide bonds. The van der Waals surface area contributed by atoms with Crippen molar-refractivity contribution in [3.8, 4) is 0 Å². The highest BCUT2D eigenvalue weighted by Gasteiger charge is 2.14. The molecule has 0 aliphatic heterocycles. The second kappa shape index (κ2) is 5.65. The van der Waals surface area contributed by atoms with E-state index in [0.29, 0.717) is 5.02 Å². The number of hydrogen-bond donors (Lipinski definition) is 0. The van der Waals surface area contributed by atoms with E-state index < -0.39 is 0 Å². The van der Waals surface area contributed by atoms with E-state index in [4.69, 9.17) is 34.8 Å². The summed E-state index contributed by atoms with van der Waals surface area (Å²) in [5.41, 5.74) is 2.07. The van der Waals surface area contributed by atoms with Gasteiger partial charge < -0.3 is 0 Å². The fourth-order valence-corrected chi connectivity index (χ4v) is 3.01. The Labute approximate surface area is 132 Å². The van der Waals surface area contributed by atoms with Crippen LogP contribution in [-0.4, -0.2) is 0 Å². The van der Waals surface area contributed by atoms with Gasteiger partial charge in [-0.1, -0.05) is 65.7 Å². The van der Waals surface area contributed by atoms with Crippen molar-refractivity contribution in [3.05, 3.63) is 81.8 Å². The van der Waals surface area contributed by atoms with E-state index >= 15 is 0 Å². The maximum Gasteiger partial charge on any atom is 0.0841 e. The molecule has 0 aromatic heterocycles. The molecule has 0 saturated heterocycles. The zero-order valence-electron chi connectivity index (χ0n) is 10.5. The standard InChI is InChI=1S/C17H11Cl3/c18-12-7-5-11(6-8-12)17(20)15-9-10-16(19)14-4-2-1-3-13(14)15/h1-10,17H. The molecule has 0 nitrogen and oxygen atoms in total. The van der Waals surface area contributed by atoms with Crippen molar-refractivity contribution in [1.29, 1.82) is 0 Å². The van der Waals surface area contributed by atoms with E-state index in [1.165, 1.54) is 0 Å². The molecule has 20 heavy (non-hydrogen) atoms. The van der Waals surface area contributed by atoms with Crippen LogP contribution in [0.5, 0.6) is 0 Å². The number of alkyl halides is 1. The van der Waals surface area contributed by atoms with Crippen LogP contribution < -0.4 is 0 Å². The molecule has 0 spiro atoms. The maximum absolute atomic E-state index is 6.63. The van der Waals surface area contributed by atoms with E-state index in [0.717, 1.165) is 26.9 Å². The molecule has 0 saturated carbocycles. The van der Waals surface area contributed by atoms with Crippen LogP contribution in [-0.2, 0) is 0 Å². The van der Waals surface area contributed by atoms with Crippen LogP contribution in [0.1, 0.15) is 16.5 Å². The normalized spacial score (nSPS) is 12.6. The first-order chi connectivity index (χ1) is 9.66. The predicted molar refractivity (Wildman–Crippen MR) is 88.1 cm³/mol. The van der Waals surface area contributed by atoms with E-state index in [-0.39, 0.29) is 5.38 Å². The van der Waals surface area contributed by atoms with Crippen molar-refractivity contribution >= 4 is 45.6 Å². The fourth-order valence-electron chi connectivity index (χ4n) is 2.32. The quantitative estimate of drug-likeness (QED) is 0.474. The summed E-state index contributed by atoms with van der Waals surface area (Å²) >= 11 is 18.8. The Bertz CT molecular complexity index is 748. The fraction of sp³-hybridized carbons (Fsp3) is 0.0588. The topological polar surface area (TPSA) is 0 Å². The Kier molecular flexibility index (Phi) is 3.89.